The molecule has 12 heavy (non-hydrogen) atoms. The Bertz CT molecular complexity index is 293. The Morgan fingerprint density at radius 3 is 2.92 bits per heavy atom. The number of aliphatic hydroxyl groups is 1. The van der Waals surface area contributed by atoms with Crippen molar-refractivity contribution in [1.29, 1.82) is 0 Å². The summed E-state index contributed by atoms with van der Waals surface area (Å²) >= 11 is 0. The summed E-state index contributed by atoms with van der Waals surface area (Å²) in [6.07, 6.45) is 0. The Hall–Kier alpha value is -1.33. The number of hydrogen-bond acceptors (Lipinski definition) is 4. The van der Waals surface area contributed by atoms with Crippen molar-refractivity contribution in [2.45, 2.75) is 13.5 Å². The monoisotopic (exact) mass is 170 g/mol. The molecular weight excluding hydrogens is 160 g/mol. The summed E-state index contributed by atoms with van der Waals surface area (Å²) in [7, 11) is 0. The molecule has 0 spiro atoms. The van der Waals surface area contributed by atoms with E-state index >= 15 is 0 Å². The van der Waals surface area contributed by atoms with Crippen LogP contribution in [0.25, 0.3) is 0 Å². The van der Waals surface area contributed by atoms with E-state index in [0.717, 1.165) is 0 Å². The fourth-order valence-electron chi connectivity index (χ4n) is 0.925. The smallest absolute Gasteiger partial charge is 0.268 e. The molecule has 66 valence electrons. The van der Waals surface area contributed by atoms with Crippen LogP contribution in [0.2, 0.25) is 0 Å². The van der Waals surface area contributed by atoms with E-state index in [2.05, 4.69) is 0 Å². The Morgan fingerprint density at radius 2 is 2.50 bits per heavy atom. The molecule has 0 saturated heterocycles. The zero-order valence-corrected chi connectivity index (χ0v) is 6.63. The molecule has 0 bridgehead atoms. The summed E-state index contributed by atoms with van der Waals surface area (Å²) in [6, 6.07) is 1.46. The van der Waals surface area contributed by atoms with Gasteiger partial charge in [0.1, 0.15) is 18.1 Å². The molecule has 1 amide bonds. The average molecular weight is 170 g/mol. The summed E-state index contributed by atoms with van der Waals surface area (Å²) in [5, 5.41) is 8.67. The molecule has 4 N–H and O–H groups in total. The number of carbonyl (C=O) groups is 1. The van der Waals surface area contributed by atoms with Gasteiger partial charge < -0.3 is 9.52 Å². The number of amides is 1. The van der Waals surface area contributed by atoms with E-state index < -0.39 is 5.91 Å². The number of hydrogen-bond donors (Lipinski definition) is 3. The highest BCUT2D eigenvalue weighted by atomic mass is 16.4. The Balaban J connectivity index is 2.99. The molecule has 5 heteroatoms. The number of carbonyl (C=O) groups excluding carboxylic acids is 1. The lowest BCUT2D eigenvalue weighted by molar-refractivity contribution is 0.0952. The van der Waals surface area contributed by atoms with Crippen molar-refractivity contribution >= 4 is 5.91 Å². The van der Waals surface area contributed by atoms with Gasteiger partial charge in [-0.2, -0.15) is 0 Å². The fourth-order valence-corrected chi connectivity index (χ4v) is 0.925. The lowest BCUT2D eigenvalue weighted by Gasteiger charge is -1.93. The minimum Gasteiger partial charge on any atom is -0.463 e. The van der Waals surface area contributed by atoms with Gasteiger partial charge in [-0.3, -0.25) is 10.2 Å². The third-order valence-electron chi connectivity index (χ3n) is 1.50. The molecule has 1 aromatic heterocycles. The number of aryl methyl sites for hydroxylation is 1. The van der Waals surface area contributed by atoms with Crippen molar-refractivity contribution in [3.05, 3.63) is 23.2 Å². The number of nitrogens with one attached hydrogen (secondary N) is 1. The topological polar surface area (TPSA) is 88.5 Å². The van der Waals surface area contributed by atoms with Crippen LogP contribution in [0.5, 0.6) is 0 Å². The highest BCUT2D eigenvalue weighted by molar-refractivity contribution is 5.94. The van der Waals surface area contributed by atoms with Gasteiger partial charge in [-0.05, 0) is 13.0 Å². The summed E-state index contributed by atoms with van der Waals surface area (Å²) in [6.45, 7) is 1.41. The van der Waals surface area contributed by atoms with Crippen molar-refractivity contribution in [2.24, 2.45) is 5.84 Å². The highest BCUT2D eigenvalue weighted by Crippen LogP contribution is 2.13. The number of rotatable bonds is 2. The van der Waals surface area contributed by atoms with Crippen LogP contribution in [0.3, 0.4) is 0 Å². The SMILES string of the molecule is Cc1oc(CO)cc1C(=O)NN. The van der Waals surface area contributed by atoms with Gasteiger partial charge in [0.2, 0.25) is 0 Å². The van der Waals surface area contributed by atoms with E-state index in [4.69, 9.17) is 15.4 Å². The maximum atomic E-state index is 11.0. The van der Waals surface area contributed by atoms with Crippen molar-refractivity contribution in [1.82, 2.24) is 5.43 Å². The second kappa shape index (κ2) is 3.38. The lowest BCUT2D eigenvalue weighted by atomic mass is 10.2. The molecule has 0 radical (unpaired) electrons. The first-order valence-electron chi connectivity index (χ1n) is 3.40. The molecule has 0 saturated carbocycles. The zero-order valence-electron chi connectivity index (χ0n) is 6.63. The normalized spacial score (nSPS) is 9.92. The van der Waals surface area contributed by atoms with Crippen LogP contribution < -0.4 is 11.3 Å². The van der Waals surface area contributed by atoms with E-state index in [-0.39, 0.29) is 6.61 Å². The molecule has 0 aromatic carbocycles. The zero-order chi connectivity index (χ0) is 9.14. The largest absolute Gasteiger partial charge is 0.463 e. The van der Waals surface area contributed by atoms with Crippen LogP contribution in [0.1, 0.15) is 21.9 Å². The average Bonchev–Trinajstić information content (AvgIpc) is 2.45. The lowest BCUT2D eigenvalue weighted by Crippen LogP contribution is -2.30. The molecule has 0 atom stereocenters. The first kappa shape index (κ1) is 8.76. The molecule has 1 rings (SSSR count). The van der Waals surface area contributed by atoms with Crippen molar-refractivity contribution in [2.75, 3.05) is 0 Å². The molecule has 0 aliphatic heterocycles. The van der Waals surface area contributed by atoms with E-state index in [0.29, 0.717) is 17.1 Å². The maximum Gasteiger partial charge on any atom is 0.268 e. The predicted molar refractivity (Wildman–Crippen MR) is 41.0 cm³/mol. The maximum absolute atomic E-state index is 11.0. The van der Waals surface area contributed by atoms with Gasteiger partial charge in [0.05, 0.1) is 5.56 Å². The van der Waals surface area contributed by atoms with Gasteiger partial charge in [-0.1, -0.05) is 0 Å². The number of nitrogen functional groups attached to an aromatic ring is 1. The molecule has 1 heterocycles. The molecule has 0 aliphatic carbocycles. The molecular formula is C7H10N2O3. The number of hydrazine groups is 1. The van der Waals surface area contributed by atoms with Crippen LogP contribution in [-0.2, 0) is 6.61 Å². The standard InChI is InChI=1S/C7H10N2O3/c1-4-6(7(11)9-8)2-5(3-10)12-4/h2,10H,3,8H2,1H3,(H,9,11). The van der Waals surface area contributed by atoms with Crippen LogP contribution in [-0.4, -0.2) is 11.0 Å². The fraction of sp³-hybridized carbons (Fsp3) is 0.286. The predicted octanol–water partition coefficient (Wildman–Crippen LogP) is -0.316. The number of nitrogens with two attached hydrogens (primary N) is 1. The third kappa shape index (κ3) is 1.46. The van der Waals surface area contributed by atoms with Gasteiger partial charge in [0.15, 0.2) is 0 Å². The quantitative estimate of drug-likeness (QED) is 0.322. The van der Waals surface area contributed by atoms with E-state index in [9.17, 15) is 4.79 Å². The van der Waals surface area contributed by atoms with Crippen LogP contribution in [0.4, 0.5) is 0 Å². The van der Waals surface area contributed by atoms with E-state index in [1.54, 1.807) is 6.92 Å². The first-order valence-corrected chi connectivity index (χ1v) is 3.40. The Labute approximate surface area is 69.1 Å². The number of aliphatic hydroxyl groups excluding tert-OH is 1. The number of furan rings is 1. The van der Waals surface area contributed by atoms with Gasteiger partial charge in [-0.15, -0.1) is 0 Å². The van der Waals surface area contributed by atoms with E-state index in [1.165, 1.54) is 6.07 Å². The molecule has 1 aromatic rings. The van der Waals surface area contributed by atoms with Crippen LogP contribution >= 0.6 is 0 Å². The Morgan fingerprint density at radius 1 is 1.83 bits per heavy atom. The summed E-state index contributed by atoms with van der Waals surface area (Å²) < 4.78 is 5.02. The third-order valence-corrected chi connectivity index (χ3v) is 1.50. The van der Waals surface area contributed by atoms with Gasteiger partial charge in [0.25, 0.3) is 5.91 Å². The second-order valence-corrected chi connectivity index (χ2v) is 2.31. The summed E-state index contributed by atoms with van der Waals surface area (Å²) in [5.74, 6) is 5.30. The minimum atomic E-state index is -0.420. The molecule has 0 fully saturated rings. The Kier molecular flexibility index (Phi) is 2.47. The molecule has 0 aliphatic rings. The minimum absolute atomic E-state index is 0.224. The summed E-state index contributed by atoms with van der Waals surface area (Å²) in [4.78, 5) is 11.0. The van der Waals surface area contributed by atoms with Crippen molar-refractivity contribution < 1.29 is 14.3 Å². The van der Waals surface area contributed by atoms with Crippen LogP contribution in [0, 0.1) is 6.92 Å². The van der Waals surface area contributed by atoms with E-state index in [1.807, 2.05) is 5.43 Å². The van der Waals surface area contributed by atoms with Gasteiger partial charge in [0, 0.05) is 0 Å². The summed E-state index contributed by atoms with van der Waals surface area (Å²) in [5.41, 5.74) is 2.33. The van der Waals surface area contributed by atoms with Crippen LogP contribution in [0.15, 0.2) is 10.5 Å². The molecule has 5 nitrogen and oxygen atoms in total. The highest BCUT2D eigenvalue weighted by Gasteiger charge is 2.12. The second-order valence-electron chi connectivity index (χ2n) is 2.31. The van der Waals surface area contributed by atoms with Gasteiger partial charge in [-0.25, -0.2) is 5.84 Å². The van der Waals surface area contributed by atoms with Crippen molar-refractivity contribution in [3.63, 3.8) is 0 Å². The van der Waals surface area contributed by atoms with Crippen molar-refractivity contribution in [3.8, 4) is 0 Å². The van der Waals surface area contributed by atoms with Gasteiger partial charge >= 0.3 is 0 Å². The molecule has 0 unspecified atom stereocenters. The first-order chi connectivity index (χ1) is 5.69.